The summed E-state index contributed by atoms with van der Waals surface area (Å²) in [6.45, 7) is 6.41. The molecule has 336 valence electrons. The summed E-state index contributed by atoms with van der Waals surface area (Å²) in [5.74, 6) is -0.490. The predicted octanol–water partition coefficient (Wildman–Crippen LogP) is 14.7. The number of rotatable bonds is 45. The molecule has 0 fully saturated rings. The van der Waals surface area contributed by atoms with Crippen LogP contribution in [-0.4, -0.2) is 46.9 Å². The predicted molar refractivity (Wildman–Crippen MR) is 246 cm³/mol. The van der Waals surface area contributed by atoms with E-state index in [9.17, 15) is 19.8 Å². The molecule has 6 heteroatoms. The number of carbonyl (C=O) groups is 2. The van der Waals surface area contributed by atoms with Crippen molar-refractivity contribution in [2.24, 2.45) is 0 Å². The molecule has 0 aromatic carbocycles. The zero-order chi connectivity index (χ0) is 41.7. The normalized spacial score (nSPS) is 13.4. The van der Waals surface area contributed by atoms with E-state index in [-0.39, 0.29) is 24.9 Å². The van der Waals surface area contributed by atoms with Crippen LogP contribution in [0.1, 0.15) is 265 Å². The Morgan fingerprint density at radius 1 is 0.491 bits per heavy atom. The van der Waals surface area contributed by atoms with Gasteiger partial charge >= 0.3 is 5.97 Å². The number of hydrogen-bond donors (Lipinski definition) is 3. The summed E-state index contributed by atoms with van der Waals surface area (Å²) in [5, 5.41) is 23.7. The van der Waals surface area contributed by atoms with Crippen molar-refractivity contribution in [1.29, 1.82) is 0 Å². The number of esters is 1. The highest BCUT2D eigenvalue weighted by molar-refractivity contribution is 5.77. The molecule has 0 aromatic rings. The van der Waals surface area contributed by atoms with E-state index in [1.165, 1.54) is 148 Å². The van der Waals surface area contributed by atoms with Crippen molar-refractivity contribution in [3.8, 4) is 0 Å². The minimum atomic E-state index is -0.787. The Morgan fingerprint density at radius 2 is 0.877 bits per heavy atom. The van der Waals surface area contributed by atoms with Crippen molar-refractivity contribution in [2.45, 2.75) is 283 Å². The van der Waals surface area contributed by atoms with Gasteiger partial charge in [0, 0.05) is 6.42 Å². The molecule has 0 saturated heterocycles. The van der Waals surface area contributed by atoms with Gasteiger partial charge in [-0.05, 0) is 70.6 Å². The second kappa shape index (κ2) is 45.4. The summed E-state index contributed by atoms with van der Waals surface area (Å²) in [6, 6.07) is -0.701. The molecule has 0 spiro atoms. The number of aliphatic hydroxyl groups is 2. The van der Waals surface area contributed by atoms with E-state index in [1.807, 2.05) is 0 Å². The second-order valence-corrected chi connectivity index (χ2v) is 17.2. The van der Waals surface area contributed by atoms with Crippen LogP contribution in [0.5, 0.6) is 0 Å². The maximum atomic E-state index is 13.1. The zero-order valence-electron chi connectivity index (χ0n) is 38.2. The van der Waals surface area contributed by atoms with Crippen LogP contribution in [0.15, 0.2) is 24.3 Å². The number of allylic oxidation sites excluding steroid dienone is 4. The van der Waals surface area contributed by atoms with Crippen LogP contribution in [0, 0.1) is 0 Å². The highest BCUT2D eigenvalue weighted by Crippen LogP contribution is 2.18. The van der Waals surface area contributed by atoms with Crippen LogP contribution in [0.4, 0.5) is 0 Å². The molecule has 0 aliphatic carbocycles. The number of amides is 1. The Kier molecular flexibility index (Phi) is 44.1. The summed E-state index contributed by atoms with van der Waals surface area (Å²) in [6.07, 6.45) is 51.1. The summed E-state index contributed by atoms with van der Waals surface area (Å²) in [4.78, 5) is 26.0. The molecule has 0 heterocycles. The molecule has 0 aliphatic heterocycles. The number of hydrogen-bond acceptors (Lipinski definition) is 5. The Bertz CT molecular complexity index is 904. The van der Waals surface area contributed by atoms with Gasteiger partial charge in [-0.15, -0.1) is 0 Å². The zero-order valence-corrected chi connectivity index (χ0v) is 38.2. The SMILES string of the molecule is CCC/C=C\CCCCCC(CC(=O)NC(CO)C(O)CCCCCCCCCCCCCCC)OC(=O)CCCCCCCCC/C=C/CCCCCCCC. The molecule has 3 atom stereocenters. The van der Waals surface area contributed by atoms with Crippen LogP contribution < -0.4 is 5.32 Å². The van der Waals surface area contributed by atoms with E-state index in [2.05, 4.69) is 50.4 Å². The number of ether oxygens (including phenoxy) is 1. The lowest BCUT2D eigenvalue weighted by molar-refractivity contribution is -0.151. The third-order valence-corrected chi connectivity index (χ3v) is 11.5. The van der Waals surface area contributed by atoms with Gasteiger partial charge in [-0.2, -0.15) is 0 Å². The highest BCUT2D eigenvalue weighted by Gasteiger charge is 2.24. The summed E-state index contributed by atoms with van der Waals surface area (Å²) < 4.78 is 5.89. The van der Waals surface area contributed by atoms with E-state index >= 15 is 0 Å². The molecule has 0 rings (SSSR count). The van der Waals surface area contributed by atoms with Crippen LogP contribution in [0.3, 0.4) is 0 Å². The lowest BCUT2D eigenvalue weighted by Crippen LogP contribution is -2.46. The van der Waals surface area contributed by atoms with Crippen molar-refractivity contribution < 1.29 is 24.5 Å². The maximum Gasteiger partial charge on any atom is 0.306 e. The fourth-order valence-electron chi connectivity index (χ4n) is 7.66. The molecule has 0 aromatic heterocycles. The third kappa shape index (κ3) is 40.9. The third-order valence-electron chi connectivity index (χ3n) is 11.5. The molecule has 3 unspecified atom stereocenters. The highest BCUT2D eigenvalue weighted by atomic mass is 16.5. The van der Waals surface area contributed by atoms with E-state index < -0.39 is 18.2 Å². The standard InChI is InChI=1S/C51H97NO5/c1-4-7-10-13-16-19-21-23-24-25-26-28-30-32-35-38-41-44-51(56)57-47(42-39-36-33-18-15-12-9-6-3)45-50(55)52-48(46-53)49(54)43-40-37-34-31-29-27-22-20-17-14-11-8-5-2/h12,15,23-24,47-49,53-54H,4-11,13-14,16-22,25-46H2,1-3H3,(H,52,55)/b15-12-,24-23+. The first-order chi connectivity index (χ1) is 28.0. The van der Waals surface area contributed by atoms with Crippen molar-refractivity contribution in [1.82, 2.24) is 5.32 Å². The number of nitrogens with one attached hydrogen (secondary N) is 1. The lowest BCUT2D eigenvalue weighted by Gasteiger charge is -2.24. The smallest absolute Gasteiger partial charge is 0.306 e. The fourth-order valence-corrected chi connectivity index (χ4v) is 7.66. The lowest BCUT2D eigenvalue weighted by atomic mass is 10.0. The van der Waals surface area contributed by atoms with E-state index in [1.54, 1.807) is 0 Å². The van der Waals surface area contributed by atoms with E-state index in [0.29, 0.717) is 19.3 Å². The molecule has 0 aliphatic rings. The van der Waals surface area contributed by atoms with Gasteiger partial charge in [0.05, 0.1) is 25.2 Å². The number of unbranched alkanes of at least 4 members (excludes halogenated alkanes) is 29. The molecule has 0 saturated carbocycles. The molecular weight excluding hydrogens is 707 g/mol. The van der Waals surface area contributed by atoms with Gasteiger partial charge in [-0.25, -0.2) is 0 Å². The molecule has 0 radical (unpaired) electrons. The Morgan fingerprint density at radius 3 is 1.33 bits per heavy atom. The van der Waals surface area contributed by atoms with Crippen molar-refractivity contribution in [3.63, 3.8) is 0 Å². The van der Waals surface area contributed by atoms with Crippen molar-refractivity contribution in [2.75, 3.05) is 6.61 Å². The molecule has 0 bridgehead atoms. The summed E-state index contributed by atoms with van der Waals surface area (Å²) >= 11 is 0. The first kappa shape index (κ1) is 55.3. The molecule has 6 nitrogen and oxygen atoms in total. The van der Waals surface area contributed by atoms with Crippen molar-refractivity contribution in [3.05, 3.63) is 24.3 Å². The van der Waals surface area contributed by atoms with Crippen LogP contribution in [0.2, 0.25) is 0 Å². The Hall–Kier alpha value is -1.66. The molecule has 3 N–H and O–H groups in total. The van der Waals surface area contributed by atoms with Gasteiger partial charge < -0.3 is 20.3 Å². The van der Waals surface area contributed by atoms with Gasteiger partial charge in [0.1, 0.15) is 6.10 Å². The van der Waals surface area contributed by atoms with E-state index in [4.69, 9.17) is 4.74 Å². The fraction of sp³-hybridized carbons (Fsp3) is 0.882. The van der Waals surface area contributed by atoms with Gasteiger partial charge in [0.2, 0.25) is 5.91 Å². The van der Waals surface area contributed by atoms with Gasteiger partial charge in [0.25, 0.3) is 0 Å². The van der Waals surface area contributed by atoms with Crippen LogP contribution >= 0.6 is 0 Å². The Balaban J connectivity index is 4.41. The first-order valence-electron chi connectivity index (χ1n) is 25.1. The molecule has 57 heavy (non-hydrogen) atoms. The van der Waals surface area contributed by atoms with Gasteiger partial charge in [-0.1, -0.05) is 206 Å². The van der Waals surface area contributed by atoms with Crippen molar-refractivity contribution >= 4 is 11.9 Å². The van der Waals surface area contributed by atoms with Crippen LogP contribution in [-0.2, 0) is 14.3 Å². The maximum absolute atomic E-state index is 13.1. The Labute approximate surface area is 354 Å². The van der Waals surface area contributed by atoms with Gasteiger partial charge in [-0.3, -0.25) is 9.59 Å². The monoisotopic (exact) mass is 804 g/mol. The first-order valence-corrected chi connectivity index (χ1v) is 25.1. The van der Waals surface area contributed by atoms with Crippen LogP contribution in [0.25, 0.3) is 0 Å². The average Bonchev–Trinajstić information content (AvgIpc) is 3.20. The topological polar surface area (TPSA) is 95.9 Å². The largest absolute Gasteiger partial charge is 0.462 e. The molecule has 1 amide bonds. The second-order valence-electron chi connectivity index (χ2n) is 17.2. The minimum absolute atomic E-state index is 0.0678. The summed E-state index contributed by atoms with van der Waals surface area (Å²) in [7, 11) is 0. The minimum Gasteiger partial charge on any atom is -0.462 e. The number of aliphatic hydroxyl groups excluding tert-OH is 2. The quantitative estimate of drug-likeness (QED) is 0.0324. The van der Waals surface area contributed by atoms with Gasteiger partial charge in [0.15, 0.2) is 0 Å². The molecular formula is C51H97NO5. The van der Waals surface area contributed by atoms with E-state index in [0.717, 1.165) is 70.6 Å². The average molecular weight is 804 g/mol. The summed E-state index contributed by atoms with van der Waals surface area (Å²) in [5.41, 5.74) is 0. The number of carbonyl (C=O) groups excluding carboxylic acids is 2.